The molecule has 4 aromatic rings. The fraction of sp³-hybridized carbons (Fsp3) is 0.286. The van der Waals surface area contributed by atoms with Crippen LogP contribution in [0.4, 0.5) is 11.4 Å². The lowest BCUT2D eigenvalue weighted by Crippen LogP contribution is -2.32. The summed E-state index contributed by atoms with van der Waals surface area (Å²) < 4.78 is 1.26. The van der Waals surface area contributed by atoms with E-state index in [1.165, 1.54) is 41.2 Å². The van der Waals surface area contributed by atoms with E-state index in [2.05, 4.69) is 30.9 Å². The number of halogens is 5. The molecule has 0 saturated heterocycles. The van der Waals surface area contributed by atoms with Crippen LogP contribution in [0, 0.1) is 20.2 Å². The Labute approximate surface area is 294 Å². The van der Waals surface area contributed by atoms with Gasteiger partial charge in [-0.1, -0.05) is 90.0 Å². The summed E-state index contributed by atoms with van der Waals surface area (Å²) in [7, 11) is 0. The van der Waals surface area contributed by atoms with Gasteiger partial charge in [-0.3, -0.25) is 44.4 Å². The molecule has 0 fully saturated rings. The van der Waals surface area contributed by atoms with Gasteiger partial charge in [0.05, 0.1) is 36.5 Å². The number of hydrogen-bond donors (Lipinski definition) is 3. The van der Waals surface area contributed by atoms with Crippen LogP contribution >= 0.6 is 62.3 Å². The predicted octanol–water partition coefficient (Wildman–Crippen LogP) is 6.91. The zero-order chi connectivity index (χ0) is 35.7. The molecule has 0 aliphatic carbocycles. The summed E-state index contributed by atoms with van der Waals surface area (Å²) in [4.78, 5) is 72.1. The average molecular weight is 797 g/mol. The van der Waals surface area contributed by atoms with Crippen molar-refractivity contribution in [3.05, 3.63) is 141 Å². The highest BCUT2D eigenvalue weighted by atomic mass is 79.9. The van der Waals surface area contributed by atoms with Crippen LogP contribution in [-0.4, -0.2) is 29.4 Å². The monoisotopic (exact) mass is 794 g/mol. The summed E-state index contributed by atoms with van der Waals surface area (Å²) in [5.74, 6) is 0.0593. The van der Waals surface area contributed by atoms with Crippen molar-refractivity contribution in [1.82, 2.24) is 19.5 Å². The zero-order valence-corrected chi connectivity index (χ0v) is 29.6. The normalized spacial score (nSPS) is 10.6. The maximum absolute atomic E-state index is 11.9. The van der Waals surface area contributed by atoms with Gasteiger partial charge in [-0.05, 0) is 11.8 Å². The number of hydrogen-bond acceptors (Lipinski definition) is 8. The van der Waals surface area contributed by atoms with Gasteiger partial charge in [0.2, 0.25) is 0 Å². The van der Waals surface area contributed by atoms with Gasteiger partial charge in [-0.25, -0.2) is 9.59 Å². The Morgan fingerprint density at radius 1 is 0.745 bits per heavy atom. The Balaban J connectivity index is 0.000000270. The molecule has 2 aromatic heterocycles. The Morgan fingerprint density at radius 3 is 1.55 bits per heavy atom. The average Bonchev–Trinajstić information content (AvgIpc) is 2.95. The van der Waals surface area contributed by atoms with Gasteiger partial charge in [0, 0.05) is 64.2 Å². The number of aromatic nitrogens is 4. The molecular weight excluding hydrogens is 770 g/mol. The Hall–Kier alpha value is -3.76. The van der Waals surface area contributed by atoms with Crippen molar-refractivity contribution in [2.75, 3.05) is 0 Å². The predicted molar refractivity (Wildman–Crippen MR) is 185 cm³/mol. The molecule has 0 aliphatic rings. The van der Waals surface area contributed by atoms with E-state index in [1.807, 2.05) is 27.7 Å². The number of non-ortho nitro benzene ring substituents is 2. The Morgan fingerprint density at radius 2 is 1.17 bits per heavy atom. The standard InChI is InChI=1S/C14H13Cl2N3O4.C7H4BrCl2NO2.C7H10N2O2/c1-7(2)9-5-18(14(21)17-13(9)20)6-10-11(15)3-8(19(22)23)4-12(10)16;8-3-5-6(9)1-4(11(12)13)2-7(5)10;1-4(2)5-3-8-7(11)9-6(5)10/h3-5,7H,6H2,1-2H3,(H,17,20,21);1-2H,3H2;3-4H,1-2H3,(H2,8,9,10,11). The maximum atomic E-state index is 11.9. The number of nitrogens with zero attached hydrogens (tertiary/aromatic N) is 3. The van der Waals surface area contributed by atoms with Crippen LogP contribution in [-0.2, 0) is 11.9 Å². The smallest absolute Gasteiger partial charge is 0.314 e. The number of nitro benzene ring substituents is 2. The van der Waals surface area contributed by atoms with Crippen molar-refractivity contribution in [2.24, 2.45) is 0 Å². The summed E-state index contributed by atoms with van der Waals surface area (Å²) >= 11 is 26.8. The van der Waals surface area contributed by atoms with Gasteiger partial charge in [0.25, 0.3) is 22.5 Å². The van der Waals surface area contributed by atoms with Crippen LogP contribution in [0.1, 0.15) is 61.8 Å². The van der Waals surface area contributed by atoms with Crippen molar-refractivity contribution in [1.29, 1.82) is 0 Å². The summed E-state index contributed by atoms with van der Waals surface area (Å²) in [5.41, 5.74) is -0.0737. The molecule has 0 aliphatic heterocycles. The quantitative estimate of drug-likeness (QED) is 0.102. The summed E-state index contributed by atoms with van der Waals surface area (Å²) in [5, 5.41) is 22.4. The van der Waals surface area contributed by atoms with Crippen molar-refractivity contribution in [2.45, 2.75) is 51.4 Å². The highest BCUT2D eigenvalue weighted by Gasteiger charge is 2.17. The largest absolute Gasteiger partial charge is 0.328 e. The number of rotatable bonds is 7. The second-order valence-corrected chi connectivity index (χ2v) is 12.4. The van der Waals surface area contributed by atoms with E-state index in [1.54, 1.807) is 0 Å². The van der Waals surface area contributed by atoms with E-state index in [4.69, 9.17) is 46.4 Å². The third kappa shape index (κ3) is 10.9. The molecule has 14 nitrogen and oxygen atoms in total. The minimum atomic E-state index is -0.607. The first-order chi connectivity index (χ1) is 21.9. The SMILES string of the molecule is CC(C)c1c[nH]c(=O)[nH]c1=O.CC(C)c1cn(Cc2c(Cl)cc([N+](=O)[O-])cc2Cl)c(=O)[nH]c1=O.O=[N+]([O-])c1cc(Cl)c(CBr)c(Cl)c1. The van der Waals surface area contributed by atoms with Crippen LogP contribution in [0.25, 0.3) is 0 Å². The van der Waals surface area contributed by atoms with Crippen LogP contribution in [0.15, 0.2) is 55.8 Å². The van der Waals surface area contributed by atoms with Gasteiger partial charge < -0.3 is 4.98 Å². The summed E-state index contributed by atoms with van der Waals surface area (Å²) in [6.45, 7) is 7.42. The van der Waals surface area contributed by atoms with E-state index < -0.39 is 26.8 Å². The lowest BCUT2D eigenvalue weighted by Gasteiger charge is -2.12. The molecule has 0 amide bonds. The molecule has 3 N–H and O–H groups in total. The second-order valence-electron chi connectivity index (χ2n) is 10.2. The molecule has 47 heavy (non-hydrogen) atoms. The molecule has 0 spiro atoms. The first-order valence-electron chi connectivity index (χ1n) is 13.3. The van der Waals surface area contributed by atoms with Crippen LogP contribution in [0.5, 0.6) is 0 Å². The van der Waals surface area contributed by atoms with E-state index in [0.29, 0.717) is 37.6 Å². The van der Waals surface area contributed by atoms with Crippen molar-refractivity contribution < 1.29 is 9.85 Å². The molecule has 252 valence electrons. The number of alkyl halides is 1. The molecule has 0 radical (unpaired) electrons. The van der Waals surface area contributed by atoms with Crippen molar-refractivity contribution in [3.8, 4) is 0 Å². The Kier molecular flexibility index (Phi) is 14.6. The molecule has 0 unspecified atom stereocenters. The maximum Gasteiger partial charge on any atom is 0.328 e. The number of nitro groups is 2. The lowest BCUT2D eigenvalue weighted by atomic mass is 10.1. The molecule has 4 rings (SSSR count). The number of benzene rings is 2. The van der Waals surface area contributed by atoms with Crippen molar-refractivity contribution >= 4 is 73.7 Å². The topological polar surface area (TPSA) is 207 Å². The fourth-order valence-electron chi connectivity index (χ4n) is 3.74. The summed E-state index contributed by atoms with van der Waals surface area (Å²) in [6.07, 6.45) is 2.89. The van der Waals surface area contributed by atoms with Crippen molar-refractivity contribution in [3.63, 3.8) is 0 Å². The molecule has 0 atom stereocenters. The molecule has 2 heterocycles. The minimum Gasteiger partial charge on any atom is -0.314 e. The lowest BCUT2D eigenvalue weighted by molar-refractivity contribution is -0.385. The van der Waals surface area contributed by atoms with Gasteiger partial charge in [-0.2, -0.15) is 0 Å². The van der Waals surface area contributed by atoms with E-state index in [0.717, 1.165) is 0 Å². The molecule has 0 bridgehead atoms. The molecule has 19 heteroatoms. The van der Waals surface area contributed by atoms with Gasteiger partial charge in [0.1, 0.15) is 0 Å². The first kappa shape index (κ1) is 39.4. The number of nitrogens with one attached hydrogen (secondary N) is 3. The van der Waals surface area contributed by atoms with Crippen LogP contribution < -0.4 is 22.5 Å². The van der Waals surface area contributed by atoms with Gasteiger partial charge in [0.15, 0.2) is 0 Å². The molecular formula is C28H27BrCl4N6O8. The number of aromatic amines is 3. The molecule has 0 saturated carbocycles. The number of H-pyrrole nitrogens is 3. The fourth-order valence-corrected chi connectivity index (χ4v) is 5.87. The third-order valence-corrected chi connectivity index (χ3v) is 8.18. The van der Waals surface area contributed by atoms with E-state index in [9.17, 15) is 39.4 Å². The van der Waals surface area contributed by atoms with Gasteiger partial charge >= 0.3 is 11.4 Å². The van der Waals surface area contributed by atoms with E-state index >= 15 is 0 Å². The van der Waals surface area contributed by atoms with Crippen LogP contribution in [0.2, 0.25) is 20.1 Å². The highest BCUT2D eigenvalue weighted by molar-refractivity contribution is 9.08. The summed E-state index contributed by atoms with van der Waals surface area (Å²) in [6, 6.07) is 4.90. The first-order valence-corrected chi connectivity index (χ1v) is 16.0. The highest BCUT2D eigenvalue weighted by Crippen LogP contribution is 2.32. The third-order valence-electron chi connectivity index (χ3n) is 6.27. The Bertz CT molecular complexity index is 1980. The van der Waals surface area contributed by atoms with Gasteiger partial charge in [-0.15, -0.1) is 0 Å². The second kappa shape index (κ2) is 17.4. The van der Waals surface area contributed by atoms with E-state index in [-0.39, 0.29) is 45.4 Å². The zero-order valence-electron chi connectivity index (χ0n) is 25.0. The minimum absolute atomic E-state index is 0.00893. The van der Waals surface area contributed by atoms with Crippen LogP contribution in [0.3, 0.4) is 0 Å². The molecule has 2 aromatic carbocycles.